The molecule has 1 aliphatic carbocycles. The van der Waals surface area contributed by atoms with E-state index in [1.54, 1.807) is 18.2 Å². The van der Waals surface area contributed by atoms with Crippen molar-refractivity contribution < 1.29 is 41.3 Å². The normalized spacial score (nSPS) is 16.4. The van der Waals surface area contributed by atoms with Gasteiger partial charge in [0.2, 0.25) is 0 Å². The number of benzene rings is 3. The number of nitrogens with one attached hydrogen (secondary N) is 2. The van der Waals surface area contributed by atoms with Crippen molar-refractivity contribution >= 4 is 33.1 Å². The lowest BCUT2D eigenvalue weighted by atomic mass is 9.81. The molecule has 6 rings (SSSR count). The Balaban J connectivity index is 1.45. The van der Waals surface area contributed by atoms with Crippen molar-refractivity contribution in [3.8, 4) is 17.0 Å². The van der Waals surface area contributed by atoms with Gasteiger partial charge < -0.3 is 28.8 Å². The molecule has 0 saturated heterocycles. The third-order valence-electron chi connectivity index (χ3n) is 10.8. The van der Waals surface area contributed by atoms with Crippen LogP contribution in [-0.4, -0.2) is 99.6 Å². The van der Waals surface area contributed by atoms with E-state index in [4.69, 9.17) is 18.9 Å². The highest BCUT2D eigenvalue weighted by atomic mass is 32.2. The number of alkyl carbamates (subject to hydrolysis) is 1. The minimum absolute atomic E-state index is 0.137. The van der Waals surface area contributed by atoms with Crippen molar-refractivity contribution in [2.75, 3.05) is 47.5 Å². The van der Waals surface area contributed by atoms with Crippen LogP contribution < -0.4 is 14.8 Å². The van der Waals surface area contributed by atoms with Gasteiger partial charge in [0.25, 0.3) is 5.91 Å². The van der Waals surface area contributed by atoms with Gasteiger partial charge in [-0.15, -0.1) is 0 Å². The third kappa shape index (κ3) is 10.4. The predicted octanol–water partition coefficient (Wildman–Crippen LogP) is 6.81. The van der Waals surface area contributed by atoms with Gasteiger partial charge in [-0.2, -0.15) is 12.7 Å². The second-order valence-corrected chi connectivity index (χ2v) is 17.8. The Kier molecular flexibility index (Phi) is 13.8. The van der Waals surface area contributed by atoms with Crippen LogP contribution in [0.1, 0.15) is 80.3 Å². The minimum Gasteiger partial charge on any atom is -0.491 e. The molecule has 2 aliphatic rings. The quantitative estimate of drug-likeness (QED) is 0.131. The molecule has 4 aromatic rings. The van der Waals surface area contributed by atoms with E-state index in [1.807, 2.05) is 57.2 Å². The average Bonchev–Trinajstić information content (AvgIpc) is 3.49. The molecule has 1 aromatic heterocycles. The average molecular weight is 822 g/mol. The summed E-state index contributed by atoms with van der Waals surface area (Å²) in [5, 5.41) is 3.84. The van der Waals surface area contributed by atoms with Crippen molar-refractivity contribution in [1.29, 1.82) is 0 Å². The van der Waals surface area contributed by atoms with Gasteiger partial charge in [0.1, 0.15) is 23.8 Å². The summed E-state index contributed by atoms with van der Waals surface area (Å²) < 4.78 is 69.4. The van der Waals surface area contributed by atoms with E-state index in [-0.39, 0.29) is 30.7 Å². The lowest BCUT2D eigenvalue weighted by Gasteiger charge is -2.35. The number of rotatable bonds is 14. The summed E-state index contributed by atoms with van der Waals surface area (Å²) in [6.07, 6.45) is 3.89. The van der Waals surface area contributed by atoms with Gasteiger partial charge in [-0.25, -0.2) is 13.9 Å². The second-order valence-electron chi connectivity index (χ2n) is 16.0. The number of fused-ring (bicyclic) bond motifs is 5. The smallest absolute Gasteiger partial charge is 0.407 e. The maximum atomic E-state index is 15.1. The molecule has 0 bridgehead atoms. The predicted molar refractivity (Wildman–Crippen MR) is 220 cm³/mol. The molecule has 2 heterocycles. The number of hydrogen-bond acceptors (Lipinski definition) is 9. The summed E-state index contributed by atoms with van der Waals surface area (Å²) in [5.41, 5.74) is 4.06. The van der Waals surface area contributed by atoms with Crippen LogP contribution in [0, 0.1) is 5.82 Å². The zero-order chi connectivity index (χ0) is 41.6. The first kappa shape index (κ1) is 43.0. The third-order valence-corrected chi connectivity index (χ3v) is 12.2. The van der Waals surface area contributed by atoms with Crippen molar-refractivity contribution in [2.45, 2.75) is 89.8 Å². The molecule has 1 aliphatic heterocycles. The fourth-order valence-corrected chi connectivity index (χ4v) is 8.74. The number of nitrogens with zero attached hydrogens (tertiary/aromatic N) is 3. The summed E-state index contributed by atoms with van der Waals surface area (Å²) >= 11 is 0. The van der Waals surface area contributed by atoms with Gasteiger partial charge in [0.15, 0.2) is 6.29 Å². The van der Waals surface area contributed by atoms with Gasteiger partial charge in [0, 0.05) is 75.5 Å². The second kappa shape index (κ2) is 18.6. The van der Waals surface area contributed by atoms with Gasteiger partial charge in [0.05, 0.1) is 18.3 Å². The van der Waals surface area contributed by atoms with Crippen LogP contribution in [0.4, 0.5) is 9.18 Å². The van der Waals surface area contributed by atoms with Crippen LogP contribution in [0.3, 0.4) is 0 Å². The van der Waals surface area contributed by atoms with E-state index in [0.717, 1.165) is 69.7 Å². The van der Waals surface area contributed by atoms with Gasteiger partial charge in [-0.1, -0.05) is 55.7 Å². The number of halogens is 1. The number of ether oxygens (including phenoxy) is 4. The number of carbonyl (C=O) groups is 2. The van der Waals surface area contributed by atoms with Crippen LogP contribution in [0.5, 0.6) is 5.75 Å². The maximum absolute atomic E-state index is 15.1. The van der Waals surface area contributed by atoms with Crippen LogP contribution in [0.25, 0.3) is 22.2 Å². The van der Waals surface area contributed by atoms with Crippen molar-refractivity contribution in [1.82, 2.24) is 23.8 Å². The van der Waals surface area contributed by atoms with E-state index in [9.17, 15) is 18.0 Å². The van der Waals surface area contributed by atoms with Crippen LogP contribution >= 0.6 is 0 Å². The highest BCUT2D eigenvalue weighted by Gasteiger charge is 2.33. The molecule has 3 aromatic carbocycles. The van der Waals surface area contributed by atoms with E-state index in [0.29, 0.717) is 31.9 Å². The summed E-state index contributed by atoms with van der Waals surface area (Å²) in [6, 6.07) is 19.6. The van der Waals surface area contributed by atoms with Gasteiger partial charge in [-0.05, 0) is 74.9 Å². The lowest BCUT2D eigenvalue weighted by Crippen LogP contribution is -2.46. The molecule has 15 heteroatoms. The highest BCUT2D eigenvalue weighted by Crippen LogP contribution is 2.47. The highest BCUT2D eigenvalue weighted by molar-refractivity contribution is 7.87. The molecule has 58 heavy (non-hydrogen) atoms. The van der Waals surface area contributed by atoms with Crippen LogP contribution in [0.2, 0.25) is 0 Å². The number of likely N-dealkylation sites (N-methyl/N-ethyl adjacent to an activating group) is 1. The fraction of sp³-hybridized carbons (Fsp3) is 0.488. The van der Waals surface area contributed by atoms with E-state index >= 15 is 4.39 Å². The Morgan fingerprint density at radius 1 is 1.00 bits per heavy atom. The van der Waals surface area contributed by atoms with Gasteiger partial charge in [-0.3, -0.25) is 9.69 Å². The van der Waals surface area contributed by atoms with Gasteiger partial charge >= 0.3 is 16.3 Å². The zero-order valence-corrected chi connectivity index (χ0v) is 35.1. The zero-order valence-electron chi connectivity index (χ0n) is 34.3. The number of hydrogen-bond donors (Lipinski definition) is 2. The number of amides is 2. The number of methoxy groups -OCH3 is 2. The molecule has 314 valence electrons. The Labute approximate surface area is 340 Å². The molecule has 0 spiro atoms. The number of aromatic nitrogens is 1. The van der Waals surface area contributed by atoms with E-state index in [1.165, 1.54) is 33.4 Å². The molecule has 1 atom stereocenters. The largest absolute Gasteiger partial charge is 0.491 e. The molecule has 1 saturated carbocycles. The monoisotopic (exact) mass is 821 g/mol. The fourth-order valence-electron chi connectivity index (χ4n) is 7.92. The molecule has 1 fully saturated rings. The van der Waals surface area contributed by atoms with Crippen molar-refractivity contribution in [2.24, 2.45) is 0 Å². The summed E-state index contributed by atoms with van der Waals surface area (Å²) in [6.45, 7) is 7.17. The van der Waals surface area contributed by atoms with Crippen molar-refractivity contribution in [3.63, 3.8) is 0 Å². The molecule has 0 unspecified atom stereocenters. The van der Waals surface area contributed by atoms with E-state index in [2.05, 4.69) is 19.5 Å². The summed E-state index contributed by atoms with van der Waals surface area (Å²) in [5.74, 6) is -0.602. The summed E-state index contributed by atoms with van der Waals surface area (Å²) in [4.78, 5) is 28.7. The summed E-state index contributed by atoms with van der Waals surface area (Å²) in [7, 11) is -0.124. The first-order valence-corrected chi connectivity index (χ1v) is 21.3. The number of carbonyl (C=O) groups excluding carboxylic acids is 2. The Morgan fingerprint density at radius 3 is 2.41 bits per heavy atom. The van der Waals surface area contributed by atoms with Crippen LogP contribution in [-0.2, 0) is 37.5 Å². The molecule has 0 radical (unpaired) electrons. The molecule has 2 N–H and O–H groups in total. The standard InChI is InChI=1S/C43H56FN5O8S/c1-43(2,3)57-42(51)45-21-22-48(25-29-13-9-7-10-14-29)33-26-49-36-23-31(41(50)46-58(52,53)47(4)27-38(54-5)55-6)17-19-34(36)39(30-15-11-8-12-16-30)40(49)35-20-18-32(44)24-37(35)56-28-33/h7,9-10,13-14,17-20,23-24,30,33,38H,8,11-12,15-16,21-22,25-28H2,1-6H3,(H,45,51)(H,46,50)/t33-/m1/s1. The molecular formula is C43H56FN5O8S. The molecule has 13 nitrogen and oxygen atoms in total. The Morgan fingerprint density at radius 2 is 1.72 bits per heavy atom. The first-order chi connectivity index (χ1) is 27.7. The Bertz CT molecular complexity index is 2160. The van der Waals surface area contributed by atoms with Crippen molar-refractivity contribution in [3.05, 3.63) is 89.2 Å². The minimum atomic E-state index is -4.27. The lowest BCUT2D eigenvalue weighted by molar-refractivity contribution is -0.106. The van der Waals surface area contributed by atoms with Crippen LogP contribution in [0.15, 0.2) is 66.7 Å². The molecule has 2 amide bonds. The first-order valence-electron chi connectivity index (χ1n) is 19.8. The Hall–Kier alpha value is -4.54. The maximum Gasteiger partial charge on any atom is 0.407 e. The van der Waals surface area contributed by atoms with E-state index < -0.39 is 39.9 Å². The topological polar surface area (TPSA) is 141 Å². The SMILES string of the molecule is COC(CN(C)S(=O)(=O)NC(=O)c1ccc2c(C3CCCCC3)c3n(c2c1)C[C@@H](N(CCNC(=O)OC(C)(C)C)Cc1ccccc1)COc1cc(F)ccc1-3)OC. The molecular weight excluding hydrogens is 766 g/mol.